The van der Waals surface area contributed by atoms with Crippen LogP contribution in [0.2, 0.25) is 0 Å². The van der Waals surface area contributed by atoms with Gasteiger partial charge in [0, 0.05) is 12.7 Å². The first-order valence-corrected chi connectivity index (χ1v) is 6.64. The van der Waals surface area contributed by atoms with Gasteiger partial charge in [-0.3, -0.25) is 4.98 Å². The fourth-order valence-electron chi connectivity index (χ4n) is 2.38. The fourth-order valence-corrected chi connectivity index (χ4v) is 2.38. The lowest BCUT2D eigenvalue weighted by atomic mass is 9.94. The topological polar surface area (TPSA) is 28.2 Å². The van der Waals surface area contributed by atoms with Crippen LogP contribution < -0.4 is 5.32 Å². The maximum atomic E-state index is 4.30. The van der Waals surface area contributed by atoms with Gasteiger partial charge in [0.25, 0.3) is 0 Å². The summed E-state index contributed by atoms with van der Waals surface area (Å²) in [4.78, 5) is 6.73. The monoisotopic (exact) mass is 233 g/mol. The Labute approximate surface area is 104 Å². The minimum absolute atomic E-state index is 0.896. The number of pyridine rings is 1. The summed E-state index contributed by atoms with van der Waals surface area (Å²) in [6, 6.07) is 6.07. The summed E-state index contributed by atoms with van der Waals surface area (Å²) in [5, 5.41) is 3.48. The average molecular weight is 233 g/mol. The molecule has 0 unspecified atom stereocenters. The van der Waals surface area contributed by atoms with Crippen molar-refractivity contribution in [1.82, 2.24) is 15.2 Å². The zero-order valence-corrected chi connectivity index (χ0v) is 10.7. The highest BCUT2D eigenvalue weighted by atomic mass is 15.1. The van der Waals surface area contributed by atoms with Crippen LogP contribution in [0.5, 0.6) is 0 Å². The van der Waals surface area contributed by atoms with Crippen molar-refractivity contribution < 1.29 is 0 Å². The molecule has 0 atom stereocenters. The lowest BCUT2D eigenvalue weighted by Crippen LogP contribution is -2.31. The van der Waals surface area contributed by atoms with Gasteiger partial charge >= 0.3 is 0 Å². The normalized spacial score (nSPS) is 18.4. The van der Waals surface area contributed by atoms with Crippen molar-refractivity contribution in [3.05, 3.63) is 30.1 Å². The van der Waals surface area contributed by atoms with Crippen molar-refractivity contribution in [2.45, 2.75) is 25.8 Å². The number of rotatable bonds is 5. The van der Waals surface area contributed by atoms with E-state index in [1.807, 2.05) is 18.3 Å². The highest BCUT2D eigenvalue weighted by Gasteiger charge is 2.15. The molecule has 0 saturated carbocycles. The third-order valence-electron chi connectivity index (χ3n) is 3.60. The minimum Gasteiger partial charge on any atom is -0.311 e. The molecule has 1 fully saturated rings. The number of likely N-dealkylation sites (tertiary alicyclic amines) is 1. The first-order chi connectivity index (χ1) is 8.34. The van der Waals surface area contributed by atoms with Crippen LogP contribution in [-0.4, -0.2) is 36.6 Å². The molecule has 2 heterocycles. The predicted molar refractivity (Wildman–Crippen MR) is 70.8 cm³/mol. The van der Waals surface area contributed by atoms with Gasteiger partial charge in [0.1, 0.15) is 0 Å². The molecule has 0 spiro atoms. The Morgan fingerprint density at radius 2 is 2.18 bits per heavy atom. The summed E-state index contributed by atoms with van der Waals surface area (Å²) in [5.41, 5.74) is 1.14. The Balaban J connectivity index is 1.57. The van der Waals surface area contributed by atoms with Gasteiger partial charge in [0.15, 0.2) is 0 Å². The zero-order valence-electron chi connectivity index (χ0n) is 10.7. The second-order valence-electron chi connectivity index (χ2n) is 5.03. The first-order valence-electron chi connectivity index (χ1n) is 6.64. The number of piperidine rings is 1. The number of aromatic nitrogens is 1. The largest absolute Gasteiger partial charge is 0.311 e. The molecule has 0 radical (unpaired) electrons. The second-order valence-corrected chi connectivity index (χ2v) is 5.03. The smallest absolute Gasteiger partial charge is 0.0541 e. The molecule has 0 bridgehead atoms. The molecular formula is C14H23N3. The van der Waals surface area contributed by atoms with E-state index < -0.39 is 0 Å². The van der Waals surface area contributed by atoms with E-state index in [0.717, 1.165) is 24.7 Å². The standard InChI is InChI=1S/C14H23N3/c1-17-10-6-13(7-11-17)5-9-15-12-14-4-2-3-8-16-14/h2-4,8,13,15H,5-7,9-12H2,1H3. The molecule has 1 aromatic heterocycles. The summed E-state index contributed by atoms with van der Waals surface area (Å²) >= 11 is 0. The summed E-state index contributed by atoms with van der Waals surface area (Å²) in [6.07, 6.45) is 5.89. The van der Waals surface area contributed by atoms with Crippen LogP contribution in [-0.2, 0) is 6.54 Å². The third-order valence-corrected chi connectivity index (χ3v) is 3.60. The van der Waals surface area contributed by atoms with E-state index in [1.54, 1.807) is 0 Å². The molecule has 3 heteroatoms. The van der Waals surface area contributed by atoms with E-state index in [-0.39, 0.29) is 0 Å². The van der Waals surface area contributed by atoms with E-state index in [2.05, 4.69) is 28.3 Å². The number of nitrogens with zero attached hydrogens (tertiary/aromatic N) is 2. The summed E-state index contributed by atoms with van der Waals surface area (Å²) in [7, 11) is 2.22. The van der Waals surface area contributed by atoms with Gasteiger partial charge in [0.05, 0.1) is 5.69 Å². The Kier molecular flexibility index (Phi) is 4.95. The van der Waals surface area contributed by atoms with E-state index in [0.29, 0.717) is 0 Å². The fraction of sp³-hybridized carbons (Fsp3) is 0.643. The molecule has 94 valence electrons. The number of hydrogen-bond donors (Lipinski definition) is 1. The van der Waals surface area contributed by atoms with Gasteiger partial charge < -0.3 is 10.2 Å². The van der Waals surface area contributed by atoms with E-state index in [4.69, 9.17) is 0 Å². The zero-order chi connectivity index (χ0) is 11.9. The van der Waals surface area contributed by atoms with E-state index in [1.165, 1.54) is 32.4 Å². The van der Waals surface area contributed by atoms with Crippen molar-refractivity contribution >= 4 is 0 Å². The van der Waals surface area contributed by atoms with E-state index >= 15 is 0 Å². The van der Waals surface area contributed by atoms with Crippen LogP contribution in [0.4, 0.5) is 0 Å². The first kappa shape index (κ1) is 12.5. The van der Waals surface area contributed by atoms with Gasteiger partial charge in [0.2, 0.25) is 0 Å². The van der Waals surface area contributed by atoms with E-state index in [9.17, 15) is 0 Å². The highest BCUT2D eigenvalue weighted by Crippen LogP contribution is 2.18. The molecule has 3 nitrogen and oxygen atoms in total. The van der Waals surface area contributed by atoms with Crippen LogP contribution in [0, 0.1) is 5.92 Å². The summed E-state index contributed by atoms with van der Waals surface area (Å²) in [6.45, 7) is 4.55. The maximum absolute atomic E-state index is 4.30. The molecule has 1 aromatic rings. The lowest BCUT2D eigenvalue weighted by Gasteiger charge is -2.28. The Bertz CT molecular complexity index is 305. The van der Waals surface area contributed by atoms with Crippen molar-refractivity contribution in [1.29, 1.82) is 0 Å². The Morgan fingerprint density at radius 3 is 2.88 bits per heavy atom. The van der Waals surface area contributed by atoms with Crippen LogP contribution in [0.1, 0.15) is 25.0 Å². The van der Waals surface area contributed by atoms with Gasteiger partial charge in [-0.25, -0.2) is 0 Å². The molecule has 2 rings (SSSR count). The highest BCUT2D eigenvalue weighted by molar-refractivity contribution is 5.02. The van der Waals surface area contributed by atoms with Crippen LogP contribution in [0.3, 0.4) is 0 Å². The molecule has 0 aliphatic carbocycles. The molecule has 0 amide bonds. The van der Waals surface area contributed by atoms with Crippen molar-refractivity contribution in [2.24, 2.45) is 5.92 Å². The van der Waals surface area contributed by atoms with Crippen LogP contribution in [0.15, 0.2) is 24.4 Å². The average Bonchev–Trinajstić information content (AvgIpc) is 2.38. The van der Waals surface area contributed by atoms with Crippen LogP contribution in [0.25, 0.3) is 0 Å². The minimum atomic E-state index is 0.896. The third kappa shape index (κ3) is 4.44. The molecule has 1 aliphatic rings. The molecule has 1 aliphatic heterocycles. The Hall–Kier alpha value is -0.930. The molecule has 1 saturated heterocycles. The Morgan fingerprint density at radius 1 is 1.35 bits per heavy atom. The van der Waals surface area contributed by atoms with Crippen molar-refractivity contribution in [2.75, 3.05) is 26.7 Å². The predicted octanol–water partition coefficient (Wildman–Crippen LogP) is 1.90. The van der Waals surface area contributed by atoms with Crippen molar-refractivity contribution in [3.63, 3.8) is 0 Å². The SMILES string of the molecule is CN1CCC(CCNCc2ccccn2)CC1. The quantitative estimate of drug-likeness (QED) is 0.787. The summed E-state index contributed by atoms with van der Waals surface area (Å²) in [5.74, 6) is 0.919. The van der Waals surface area contributed by atoms with Gasteiger partial charge in [-0.1, -0.05) is 6.07 Å². The summed E-state index contributed by atoms with van der Waals surface area (Å²) < 4.78 is 0. The number of nitrogens with one attached hydrogen (secondary N) is 1. The van der Waals surface area contributed by atoms with Crippen LogP contribution >= 0.6 is 0 Å². The lowest BCUT2D eigenvalue weighted by molar-refractivity contribution is 0.211. The van der Waals surface area contributed by atoms with Gasteiger partial charge in [-0.05, 0) is 64.0 Å². The maximum Gasteiger partial charge on any atom is 0.0541 e. The van der Waals surface area contributed by atoms with Gasteiger partial charge in [-0.2, -0.15) is 0 Å². The molecular weight excluding hydrogens is 210 g/mol. The molecule has 1 N–H and O–H groups in total. The number of hydrogen-bond acceptors (Lipinski definition) is 3. The molecule has 0 aromatic carbocycles. The molecule has 17 heavy (non-hydrogen) atoms. The van der Waals surface area contributed by atoms with Gasteiger partial charge in [-0.15, -0.1) is 0 Å². The van der Waals surface area contributed by atoms with Crippen molar-refractivity contribution in [3.8, 4) is 0 Å². The second kappa shape index (κ2) is 6.72.